The number of hydrogen-bond donors (Lipinski definition) is 0. The minimum Gasteiger partial charge on any atom is -0.456 e. The van der Waals surface area contributed by atoms with E-state index in [1.165, 1.54) is 56.6 Å². The fourth-order valence-corrected chi connectivity index (χ4v) is 5.92. The van der Waals surface area contributed by atoms with E-state index in [1.54, 1.807) is 0 Å². The van der Waals surface area contributed by atoms with Crippen LogP contribution >= 0.6 is 11.6 Å². The van der Waals surface area contributed by atoms with E-state index in [4.69, 9.17) is 16.0 Å². The zero-order chi connectivity index (χ0) is 21.7. The maximum absolute atomic E-state index is 6.68. The van der Waals surface area contributed by atoms with Gasteiger partial charge in [0.2, 0.25) is 0 Å². The van der Waals surface area contributed by atoms with Crippen LogP contribution in [-0.4, -0.2) is 0 Å². The molecule has 0 unspecified atom stereocenters. The molecule has 2 aliphatic carbocycles. The molecule has 0 saturated heterocycles. The van der Waals surface area contributed by atoms with Crippen molar-refractivity contribution in [3.8, 4) is 11.1 Å². The molecule has 0 aliphatic heterocycles. The Balaban J connectivity index is 1.48. The molecule has 1 saturated carbocycles. The SMILES string of the molecule is Clc1ccc(-c2cccc3ccc4oc5ccccc5c4c23)c2cc(C3=CC34CC4)ccc12. The van der Waals surface area contributed by atoms with Crippen LogP contribution < -0.4 is 0 Å². The van der Waals surface area contributed by atoms with Gasteiger partial charge in [0, 0.05) is 32.0 Å². The highest BCUT2D eigenvalue weighted by atomic mass is 35.5. The fourth-order valence-electron chi connectivity index (χ4n) is 5.69. The van der Waals surface area contributed by atoms with Crippen molar-refractivity contribution in [1.82, 2.24) is 0 Å². The van der Waals surface area contributed by atoms with Gasteiger partial charge in [-0.15, -0.1) is 0 Å². The molecular weight excluding hydrogens is 424 g/mol. The van der Waals surface area contributed by atoms with Crippen LogP contribution in [-0.2, 0) is 0 Å². The van der Waals surface area contributed by atoms with E-state index in [0.29, 0.717) is 5.41 Å². The van der Waals surface area contributed by atoms with E-state index in [0.717, 1.165) is 27.0 Å². The second kappa shape index (κ2) is 6.07. The first kappa shape index (κ1) is 17.9. The Hall–Kier alpha value is -3.55. The third-order valence-corrected chi connectivity index (χ3v) is 7.94. The van der Waals surface area contributed by atoms with Gasteiger partial charge in [0.1, 0.15) is 11.2 Å². The summed E-state index contributed by atoms with van der Waals surface area (Å²) in [6.07, 6.45) is 5.05. The largest absolute Gasteiger partial charge is 0.456 e. The van der Waals surface area contributed by atoms with Gasteiger partial charge in [-0.25, -0.2) is 0 Å². The van der Waals surface area contributed by atoms with Crippen LogP contribution in [0.4, 0.5) is 0 Å². The van der Waals surface area contributed by atoms with Gasteiger partial charge in [-0.05, 0) is 70.1 Å². The van der Waals surface area contributed by atoms with Crippen molar-refractivity contribution in [2.75, 3.05) is 0 Å². The molecule has 1 heterocycles. The molecular formula is C31H19ClO. The molecule has 156 valence electrons. The molecule has 0 bridgehead atoms. The minimum atomic E-state index is 0.424. The van der Waals surface area contributed by atoms with E-state index < -0.39 is 0 Å². The average molecular weight is 443 g/mol. The van der Waals surface area contributed by atoms with Gasteiger partial charge in [0.05, 0.1) is 0 Å². The predicted octanol–water partition coefficient (Wildman–Crippen LogP) is 9.39. The van der Waals surface area contributed by atoms with Crippen LogP contribution in [0.25, 0.3) is 60.2 Å². The van der Waals surface area contributed by atoms with Gasteiger partial charge in [-0.2, -0.15) is 0 Å². The number of allylic oxidation sites excluding steroid dienone is 2. The summed E-state index contributed by atoms with van der Waals surface area (Å²) in [4.78, 5) is 0. The highest BCUT2D eigenvalue weighted by Gasteiger charge is 2.54. The summed E-state index contributed by atoms with van der Waals surface area (Å²) in [6.45, 7) is 0. The van der Waals surface area contributed by atoms with E-state index in [1.807, 2.05) is 18.2 Å². The van der Waals surface area contributed by atoms with E-state index in [-0.39, 0.29) is 0 Å². The van der Waals surface area contributed by atoms with Crippen LogP contribution in [0.5, 0.6) is 0 Å². The van der Waals surface area contributed by atoms with Crippen LogP contribution in [0.3, 0.4) is 0 Å². The van der Waals surface area contributed by atoms with Gasteiger partial charge >= 0.3 is 0 Å². The van der Waals surface area contributed by atoms with Crippen molar-refractivity contribution in [3.63, 3.8) is 0 Å². The molecule has 2 aliphatic rings. The Kier molecular flexibility index (Phi) is 3.30. The quantitative estimate of drug-likeness (QED) is 0.260. The maximum atomic E-state index is 6.68. The van der Waals surface area contributed by atoms with Crippen molar-refractivity contribution in [3.05, 3.63) is 102 Å². The van der Waals surface area contributed by atoms with Crippen LogP contribution in [0.1, 0.15) is 18.4 Å². The van der Waals surface area contributed by atoms with Crippen LogP contribution in [0, 0.1) is 5.41 Å². The molecule has 0 atom stereocenters. The number of halogens is 1. The number of fused-ring (bicyclic) bond motifs is 6. The van der Waals surface area contributed by atoms with Crippen molar-refractivity contribution >= 4 is 60.7 Å². The van der Waals surface area contributed by atoms with E-state index in [9.17, 15) is 0 Å². The normalized spacial score (nSPS) is 16.2. The summed E-state index contributed by atoms with van der Waals surface area (Å²) in [6, 6.07) is 30.1. The first-order valence-electron chi connectivity index (χ1n) is 11.5. The first-order valence-corrected chi connectivity index (χ1v) is 11.9. The zero-order valence-electron chi connectivity index (χ0n) is 17.9. The fraction of sp³-hybridized carbons (Fsp3) is 0.0968. The molecule has 6 aromatic rings. The lowest BCUT2D eigenvalue weighted by Gasteiger charge is -2.13. The summed E-state index contributed by atoms with van der Waals surface area (Å²) in [5.41, 5.74) is 7.55. The Morgan fingerprint density at radius 3 is 2.45 bits per heavy atom. The van der Waals surface area contributed by atoms with Gasteiger partial charge < -0.3 is 4.42 Å². The summed E-state index contributed by atoms with van der Waals surface area (Å²) < 4.78 is 6.22. The molecule has 0 amide bonds. The third kappa shape index (κ3) is 2.43. The Bertz CT molecular complexity index is 1830. The topological polar surface area (TPSA) is 13.1 Å². The summed E-state index contributed by atoms with van der Waals surface area (Å²) in [5, 5.41) is 7.89. The highest BCUT2D eigenvalue weighted by molar-refractivity contribution is 6.36. The van der Waals surface area contributed by atoms with Gasteiger partial charge in [-0.3, -0.25) is 0 Å². The molecule has 2 heteroatoms. The molecule has 33 heavy (non-hydrogen) atoms. The Morgan fingerprint density at radius 1 is 0.667 bits per heavy atom. The maximum Gasteiger partial charge on any atom is 0.136 e. The second-order valence-corrected chi connectivity index (χ2v) is 9.92. The molecule has 8 rings (SSSR count). The molecule has 1 fully saturated rings. The van der Waals surface area contributed by atoms with E-state index in [2.05, 4.69) is 72.8 Å². The minimum absolute atomic E-state index is 0.424. The van der Waals surface area contributed by atoms with E-state index >= 15 is 0 Å². The number of hydrogen-bond acceptors (Lipinski definition) is 1. The molecule has 5 aromatic carbocycles. The highest BCUT2D eigenvalue weighted by Crippen LogP contribution is 2.68. The number of benzene rings is 5. The smallest absolute Gasteiger partial charge is 0.136 e. The number of para-hydroxylation sites is 1. The summed E-state index contributed by atoms with van der Waals surface area (Å²) >= 11 is 6.68. The van der Waals surface area contributed by atoms with Crippen LogP contribution in [0.2, 0.25) is 5.02 Å². The van der Waals surface area contributed by atoms with Crippen molar-refractivity contribution < 1.29 is 4.42 Å². The molecule has 1 nitrogen and oxygen atoms in total. The molecule has 1 aromatic heterocycles. The third-order valence-electron chi connectivity index (χ3n) is 7.61. The van der Waals surface area contributed by atoms with Crippen LogP contribution in [0.15, 0.2) is 95.4 Å². The Labute approximate surface area is 195 Å². The zero-order valence-corrected chi connectivity index (χ0v) is 18.6. The standard InChI is InChI=1S/C31H19ClO/c32-26-12-11-20(24-16-19(8-10-21(24)26)25-17-31(25)14-15-31)22-6-3-4-18-9-13-28-30(29(18)22)23-5-1-2-7-27(23)33-28/h1-13,16-17H,14-15H2. The van der Waals surface area contributed by atoms with Gasteiger partial charge in [-0.1, -0.05) is 78.3 Å². The molecule has 0 N–H and O–H groups in total. The summed E-state index contributed by atoms with van der Waals surface area (Å²) in [5.74, 6) is 0. The predicted molar refractivity (Wildman–Crippen MR) is 139 cm³/mol. The monoisotopic (exact) mass is 442 g/mol. The first-order chi connectivity index (χ1) is 16.2. The van der Waals surface area contributed by atoms with Crippen molar-refractivity contribution in [1.29, 1.82) is 0 Å². The average Bonchev–Trinajstić information content (AvgIpc) is 3.75. The van der Waals surface area contributed by atoms with Crippen molar-refractivity contribution in [2.24, 2.45) is 5.41 Å². The van der Waals surface area contributed by atoms with Crippen molar-refractivity contribution in [2.45, 2.75) is 12.8 Å². The summed E-state index contributed by atoms with van der Waals surface area (Å²) in [7, 11) is 0. The van der Waals surface area contributed by atoms with Gasteiger partial charge in [0.25, 0.3) is 0 Å². The van der Waals surface area contributed by atoms with Gasteiger partial charge in [0.15, 0.2) is 0 Å². The lowest BCUT2D eigenvalue weighted by Crippen LogP contribution is -1.88. The number of rotatable bonds is 2. The second-order valence-electron chi connectivity index (χ2n) is 9.51. The Morgan fingerprint density at radius 2 is 1.58 bits per heavy atom. The molecule has 0 radical (unpaired) electrons. The number of furan rings is 1. The lowest BCUT2D eigenvalue weighted by molar-refractivity contribution is 0.669. The molecule has 1 spiro atoms. The lowest BCUT2D eigenvalue weighted by atomic mass is 9.90.